The van der Waals surface area contributed by atoms with E-state index >= 15 is 0 Å². The first-order valence-electron chi connectivity index (χ1n) is 9.73. The highest BCUT2D eigenvalue weighted by Gasteiger charge is 2.25. The van der Waals surface area contributed by atoms with Crippen molar-refractivity contribution in [2.45, 2.75) is 13.8 Å². The van der Waals surface area contributed by atoms with Gasteiger partial charge in [0.2, 0.25) is 0 Å². The van der Waals surface area contributed by atoms with Gasteiger partial charge in [0.05, 0.1) is 24.7 Å². The summed E-state index contributed by atoms with van der Waals surface area (Å²) in [5.74, 6) is 0.768. The minimum absolute atomic E-state index is 0.0831. The van der Waals surface area contributed by atoms with E-state index < -0.39 is 0 Å². The zero-order chi connectivity index (χ0) is 20.4. The van der Waals surface area contributed by atoms with Crippen LogP contribution in [0.3, 0.4) is 0 Å². The molecule has 2 heterocycles. The van der Waals surface area contributed by atoms with E-state index in [1.54, 1.807) is 18.0 Å². The predicted molar refractivity (Wildman–Crippen MR) is 112 cm³/mol. The summed E-state index contributed by atoms with van der Waals surface area (Å²) in [6, 6.07) is 14.1. The molecule has 1 aliphatic rings. The monoisotopic (exact) mass is 391 g/mol. The van der Waals surface area contributed by atoms with E-state index in [9.17, 15) is 4.79 Å². The molecule has 1 aromatic heterocycles. The second-order valence-electron chi connectivity index (χ2n) is 7.35. The Labute approximate surface area is 170 Å². The fraction of sp³-hybridized carbons (Fsp3) is 0.318. The summed E-state index contributed by atoms with van der Waals surface area (Å²) in [7, 11) is 1.68. The number of methoxy groups -OCH3 is 1. The number of carbonyl (C=O) groups is 1. The van der Waals surface area contributed by atoms with Gasteiger partial charge in [-0.25, -0.2) is 4.68 Å². The number of nitrogens with zero attached hydrogens (tertiary/aromatic N) is 5. The van der Waals surface area contributed by atoms with Gasteiger partial charge >= 0.3 is 0 Å². The average Bonchev–Trinajstić information content (AvgIpc) is 3.23. The summed E-state index contributed by atoms with van der Waals surface area (Å²) < 4.78 is 7.13. The molecule has 0 radical (unpaired) electrons. The second kappa shape index (κ2) is 7.95. The van der Waals surface area contributed by atoms with E-state index in [1.165, 1.54) is 0 Å². The maximum Gasteiger partial charge on any atom is 0.276 e. The second-order valence-corrected chi connectivity index (χ2v) is 7.35. The molecule has 150 valence electrons. The van der Waals surface area contributed by atoms with Gasteiger partial charge in [0.25, 0.3) is 5.91 Å². The molecule has 0 N–H and O–H groups in total. The van der Waals surface area contributed by atoms with Crippen LogP contribution >= 0.6 is 0 Å². The number of ether oxygens (including phenoxy) is 1. The molecular weight excluding hydrogens is 366 g/mol. The SMILES string of the molecule is COc1ccccc1N1CCN(C(=O)c2cn(-c3cc(C)cc(C)c3)nn2)CC1. The van der Waals surface area contributed by atoms with Crippen molar-refractivity contribution in [1.29, 1.82) is 0 Å². The molecule has 7 nitrogen and oxygen atoms in total. The summed E-state index contributed by atoms with van der Waals surface area (Å²) in [4.78, 5) is 17.0. The topological polar surface area (TPSA) is 63.5 Å². The lowest BCUT2D eigenvalue weighted by Crippen LogP contribution is -2.49. The van der Waals surface area contributed by atoms with Crippen molar-refractivity contribution in [2.75, 3.05) is 38.2 Å². The molecule has 1 aliphatic heterocycles. The van der Waals surface area contributed by atoms with Gasteiger partial charge in [-0.1, -0.05) is 23.4 Å². The molecule has 7 heteroatoms. The normalized spacial score (nSPS) is 14.2. The van der Waals surface area contributed by atoms with E-state index in [1.807, 2.05) is 55.1 Å². The van der Waals surface area contributed by atoms with Crippen molar-refractivity contribution in [3.8, 4) is 11.4 Å². The lowest BCUT2D eigenvalue weighted by Gasteiger charge is -2.36. The molecule has 0 aliphatic carbocycles. The standard InChI is InChI=1S/C22H25N5O2/c1-16-12-17(2)14-18(13-16)27-15-19(23-24-27)22(28)26-10-8-25(9-11-26)20-6-4-5-7-21(20)29-3/h4-7,12-15H,8-11H2,1-3H3. The van der Waals surface area contributed by atoms with Crippen LogP contribution in [-0.2, 0) is 0 Å². The molecule has 2 aromatic carbocycles. The van der Waals surface area contributed by atoms with Crippen LogP contribution in [0.2, 0.25) is 0 Å². The van der Waals surface area contributed by atoms with Crippen LogP contribution in [-0.4, -0.2) is 59.1 Å². The van der Waals surface area contributed by atoms with E-state index in [-0.39, 0.29) is 5.91 Å². The summed E-state index contributed by atoms with van der Waals surface area (Å²) in [5.41, 5.74) is 4.64. The number of benzene rings is 2. The van der Waals surface area contributed by atoms with Crippen molar-refractivity contribution in [3.05, 3.63) is 65.5 Å². The number of piperazine rings is 1. The van der Waals surface area contributed by atoms with E-state index in [0.29, 0.717) is 18.8 Å². The Morgan fingerprint density at radius 3 is 2.38 bits per heavy atom. The first kappa shape index (κ1) is 19.0. The molecular formula is C22H25N5O2. The first-order chi connectivity index (χ1) is 14.0. The number of carbonyl (C=O) groups excluding carboxylic acids is 1. The molecule has 0 bridgehead atoms. The van der Waals surface area contributed by atoms with Crippen LogP contribution in [0.25, 0.3) is 5.69 Å². The Kier molecular flexibility index (Phi) is 5.20. The number of anilines is 1. The third kappa shape index (κ3) is 3.94. The number of aryl methyl sites for hydroxylation is 2. The highest BCUT2D eigenvalue weighted by Crippen LogP contribution is 2.28. The van der Waals surface area contributed by atoms with Crippen LogP contribution in [0.5, 0.6) is 5.75 Å². The largest absolute Gasteiger partial charge is 0.495 e. The lowest BCUT2D eigenvalue weighted by molar-refractivity contribution is 0.0740. The van der Waals surface area contributed by atoms with Crippen molar-refractivity contribution in [2.24, 2.45) is 0 Å². The molecule has 1 saturated heterocycles. The molecule has 0 unspecified atom stereocenters. The quantitative estimate of drug-likeness (QED) is 0.684. The van der Waals surface area contributed by atoms with Crippen LogP contribution < -0.4 is 9.64 Å². The molecule has 3 aromatic rings. The summed E-state index contributed by atoms with van der Waals surface area (Å²) in [6.45, 7) is 6.84. The molecule has 0 saturated carbocycles. The molecule has 4 rings (SSSR count). The smallest absolute Gasteiger partial charge is 0.276 e. The fourth-order valence-electron chi connectivity index (χ4n) is 3.77. The maximum absolute atomic E-state index is 12.9. The van der Waals surface area contributed by atoms with Crippen LogP contribution in [0.1, 0.15) is 21.6 Å². The maximum atomic E-state index is 12.9. The van der Waals surface area contributed by atoms with Gasteiger partial charge in [-0.2, -0.15) is 0 Å². The number of aromatic nitrogens is 3. The number of hydrogen-bond acceptors (Lipinski definition) is 5. The van der Waals surface area contributed by atoms with E-state index in [0.717, 1.165) is 41.3 Å². The summed E-state index contributed by atoms with van der Waals surface area (Å²) in [6.07, 6.45) is 1.71. The van der Waals surface area contributed by atoms with Crippen molar-refractivity contribution in [3.63, 3.8) is 0 Å². The minimum Gasteiger partial charge on any atom is -0.495 e. The Hall–Kier alpha value is -3.35. The molecule has 0 atom stereocenters. The minimum atomic E-state index is -0.0831. The number of amides is 1. The van der Waals surface area contributed by atoms with Gasteiger partial charge < -0.3 is 14.5 Å². The average molecular weight is 391 g/mol. The first-order valence-corrected chi connectivity index (χ1v) is 9.73. The van der Waals surface area contributed by atoms with Gasteiger partial charge in [0, 0.05) is 26.2 Å². The highest BCUT2D eigenvalue weighted by atomic mass is 16.5. The number of hydrogen-bond donors (Lipinski definition) is 0. The Morgan fingerprint density at radius 1 is 1.00 bits per heavy atom. The molecule has 1 fully saturated rings. The highest BCUT2D eigenvalue weighted by molar-refractivity contribution is 5.92. The predicted octanol–water partition coefficient (Wildman–Crippen LogP) is 2.86. The Balaban J connectivity index is 1.44. The zero-order valence-electron chi connectivity index (χ0n) is 17.0. The Morgan fingerprint density at radius 2 is 1.69 bits per heavy atom. The number of rotatable bonds is 4. The van der Waals surface area contributed by atoms with Gasteiger partial charge in [0.15, 0.2) is 5.69 Å². The van der Waals surface area contributed by atoms with Crippen LogP contribution in [0.15, 0.2) is 48.7 Å². The summed E-state index contributed by atoms with van der Waals surface area (Å²) in [5, 5.41) is 8.28. The lowest BCUT2D eigenvalue weighted by atomic mass is 10.1. The van der Waals surface area contributed by atoms with E-state index in [4.69, 9.17) is 4.74 Å². The Bertz CT molecular complexity index is 1000. The van der Waals surface area contributed by atoms with Crippen LogP contribution in [0, 0.1) is 13.8 Å². The third-order valence-electron chi connectivity index (χ3n) is 5.18. The van der Waals surface area contributed by atoms with Gasteiger partial charge in [-0.15, -0.1) is 5.10 Å². The van der Waals surface area contributed by atoms with Gasteiger partial charge in [0.1, 0.15) is 5.75 Å². The van der Waals surface area contributed by atoms with Crippen molar-refractivity contribution < 1.29 is 9.53 Å². The fourth-order valence-corrected chi connectivity index (χ4v) is 3.77. The van der Waals surface area contributed by atoms with E-state index in [2.05, 4.69) is 21.3 Å². The number of para-hydroxylation sites is 2. The third-order valence-corrected chi connectivity index (χ3v) is 5.18. The van der Waals surface area contributed by atoms with Gasteiger partial charge in [-0.3, -0.25) is 4.79 Å². The molecule has 29 heavy (non-hydrogen) atoms. The molecule has 1 amide bonds. The van der Waals surface area contributed by atoms with Crippen molar-refractivity contribution in [1.82, 2.24) is 19.9 Å². The molecule has 0 spiro atoms. The van der Waals surface area contributed by atoms with Crippen molar-refractivity contribution >= 4 is 11.6 Å². The van der Waals surface area contributed by atoms with Crippen LogP contribution in [0.4, 0.5) is 5.69 Å². The van der Waals surface area contributed by atoms with Gasteiger partial charge in [-0.05, 0) is 49.2 Å². The zero-order valence-corrected chi connectivity index (χ0v) is 17.0. The summed E-state index contributed by atoms with van der Waals surface area (Å²) >= 11 is 0.